The van der Waals surface area contributed by atoms with Gasteiger partial charge in [0.1, 0.15) is 30.2 Å². The van der Waals surface area contributed by atoms with Gasteiger partial charge in [-0.15, -0.1) is 0 Å². The lowest BCUT2D eigenvalue weighted by Gasteiger charge is -2.47. The summed E-state index contributed by atoms with van der Waals surface area (Å²) in [4.78, 5) is 12.6. The van der Waals surface area contributed by atoms with Crippen LogP contribution in [0.5, 0.6) is 0 Å². The zero-order valence-corrected chi connectivity index (χ0v) is 24.9. The van der Waals surface area contributed by atoms with Crippen LogP contribution in [-0.2, 0) is 18.9 Å². The van der Waals surface area contributed by atoms with Crippen molar-refractivity contribution in [2.75, 3.05) is 46.4 Å². The molecule has 18 heteroatoms. The SMILES string of the molecule is CN[C@H]1/C(=C\O)CO[C@H](O[C@H]2[C@H](NC(=O)N(O)CCN)C[C@H](N)C(O[C@H]3OC(CNCC(O)CCN)=CC[C@H]3N)[C@@H]2O)[C@@H]1O. The summed E-state index contributed by atoms with van der Waals surface area (Å²) in [6.07, 6.45) is -4.49. The zero-order chi connectivity index (χ0) is 32.4. The molecule has 254 valence electrons. The predicted octanol–water partition coefficient (Wildman–Crippen LogP) is -4.42. The third-order valence-electron chi connectivity index (χ3n) is 7.81. The maximum absolute atomic E-state index is 12.6. The van der Waals surface area contributed by atoms with Crippen molar-refractivity contribution in [2.24, 2.45) is 22.9 Å². The molecule has 0 aromatic rings. The smallest absolute Gasteiger partial charge is 0.341 e. The quantitative estimate of drug-likeness (QED) is 0.0487. The minimum atomic E-state index is -1.49. The number of hydroxylamine groups is 2. The minimum absolute atomic E-state index is 0.00265. The van der Waals surface area contributed by atoms with Gasteiger partial charge in [0, 0.05) is 24.7 Å². The van der Waals surface area contributed by atoms with Crippen LogP contribution in [0.1, 0.15) is 19.3 Å². The normalized spacial score (nSPS) is 35.9. The van der Waals surface area contributed by atoms with Crippen molar-refractivity contribution >= 4 is 6.03 Å². The van der Waals surface area contributed by atoms with E-state index in [1.54, 1.807) is 13.1 Å². The van der Waals surface area contributed by atoms with E-state index in [2.05, 4.69) is 16.0 Å². The number of nitrogens with zero attached hydrogens (tertiary/aromatic N) is 1. The number of carbonyl (C=O) groups excluding carboxylic acids is 1. The topological polar surface area (TPSA) is 299 Å². The Morgan fingerprint density at radius 3 is 2.55 bits per heavy atom. The molecule has 0 bridgehead atoms. The van der Waals surface area contributed by atoms with Crippen molar-refractivity contribution < 1.29 is 49.4 Å². The maximum atomic E-state index is 12.6. The highest BCUT2D eigenvalue weighted by molar-refractivity contribution is 5.73. The molecule has 1 aliphatic carbocycles. The van der Waals surface area contributed by atoms with Gasteiger partial charge in [-0.2, -0.15) is 0 Å². The van der Waals surface area contributed by atoms with Crippen molar-refractivity contribution in [1.29, 1.82) is 0 Å². The number of urea groups is 1. The Hall–Kier alpha value is -2.17. The van der Waals surface area contributed by atoms with Crippen LogP contribution in [0, 0.1) is 0 Å². The van der Waals surface area contributed by atoms with Crippen LogP contribution in [0.15, 0.2) is 23.7 Å². The van der Waals surface area contributed by atoms with Gasteiger partial charge in [0.25, 0.3) is 0 Å². The monoisotopic (exact) mass is 634 g/mol. The fourth-order valence-corrected chi connectivity index (χ4v) is 5.40. The number of aliphatic hydroxyl groups is 4. The van der Waals surface area contributed by atoms with Gasteiger partial charge in [0.15, 0.2) is 6.29 Å². The molecule has 0 radical (unpaired) electrons. The highest BCUT2D eigenvalue weighted by Gasteiger charge is 2.49. The van der Waals surface area contributed by atoms with Crippen molar-refractivity contribution in [3.63, 3.8) is 0 Å². The first kappa shape index (κ1) is 36.3. The van der Waals surface area contributed by atoms with Crippen molar-refractivity contribution in [1.82, 2.24) is 21.0 Å². The molecule has 3 rings (SSSR count). The molecular weight excluding hydrogens is 584 g/mol. The summed E-state index contributed by atoms with van der Waals surface area (Å²) in [5.41, 5.74) is 24.0. The fourth-order valence-electron chi connectivity index (χ4n) is 5.40. The van der Waals surface area contributed by atoms with E-state index in [-0.39, 0.29) is 26.1 Å². The lowest BCUT2D eigenvalue weighted by molar-refractivity contribution is -0.275. The Kier molecular flexibility index (Phi) is 14.4. The van der Waals surface area contributed by atoms with Crippen molar-refractivity contribution in [3.05, 3.63) is 23.7 Å². The summed E-state index contributed by atoms with van der Waals surface area (Å²) in [6.45, 7) is 0.734. The van der Waals surface area contributed by atoms with Gasteiger partial charge >= 0.3 is 6.03 Å². The number of ether oxygens (including phenoxy) is 4. The molecule has 2 fully saturated rings. The molecule has 18 nitrogen and oxygen atoms in total. The molecule has 2 unspecified atom stereocenters. The fraction of sp³-hybridized carbons (Fsp3) is 0.808. The lowest BCUT2D eigenvalue weighted by Crippen LogP contribution is -2.67. The summed E-state index contributed by atoms with van der Waals surface area (Å²) in [6, 6.07) is -4.02. The second-order valence-electron chi connectivity index (χ2n) is 11.1. The third-order valence-corrected chi connectivity index (χ3v) is 7.81. The number of hydrogen-bond acceptors (Lipinski definition) is 16. The molecule has 0 spiro atoms. The van der Waals surface area contributed by atoms with Crippen LogP contribution < -0.4 is 38.9 Å². The number of hydrogen-bond donors (Lipinski definition) is 12. The van der Waals surface area contributed by atoms with Gasteiger partial charge in [-0.3, -0.25) is 5.21 Å². The van der Waals surface area contributed by atoms with E-state index in [9.17, 15) is 30.4 Å². The zero-order valence-electron chi connectivity index (χ0n) is 24.9. The first-order chi connectivity index (χ1) is 21.0. The van der Waals surface area contributed by atoms with Gasteiger partial charge < -0.3 is 78.3 Å². The molecule has 16 N–H and O–H groups in total. The van der Waals surface area contributed by atoms with Crippen LogP contribution in [-0.4, -0.2) is 150 Å². The molecule has 0 aromatic carbocycles. The van der Waals surface area contributed by atoms with Crippen LogP contribution in [0.2, 0.25) is 0 Å². The lowest BCUT2D eigenvalue weighted by atomic mass is 9.83. The number of carbonyl (C=O) groups is 1. The van der Waals surface area contributed by atoms with Crippen LogP contribution in [0.4, 0.5) is 4.79 Å². The highest BCUT2D eigenvalue weighted by Crippen LogP contribution is 2.31. The van der Waals surface area contributed by atoms with Gasteiger partial charge in [-0.1, -0.05) is 0 Å². The highest BCUT2D eigenvalue weighted by atomic mass is 16.7. The second-order valence-corrected chi connectivity index (χ2v) is 11.1. The van der Waals surface area contributed by atoms with Crippen LogP contribution in [0.3, 0.4) is 0 Å². The van der Waals surface area contributed by atoms with E-state index in [1.807, 2.05) is 0 Å². The molecule has 3 aliphatic rings. The van der Waals surface area contributed by atoms with E-state index in [4.69, 9.17) is 41.9 Å². The first-order valence-electron chi connectivity index (χ1n) is 14.8. The Morgan fingerprint density at radius 1 is 1.16 bits per heavy atom. The van der Waals surface area contributed by atoms with E-state index in [1.165, 1.54) is 0 Å². The number of nitrogens with one attached hydrogen (secondary N) is 3. The molecule has 2 amide bonds. The average Bonchev–Trinajstić information content (AvgIpc) is 2.99. The van der Waals surface area contributed by atoms with Crippen molar-refractivity contribution in [3.8, 4) is 0 Å². The molecule has 44 heavy (non-hydrogen) atoms. The molecule has 1 saturated heterocycles. The Bertz CT molecular complexity index is 964. The standard InChI is InChI=1S/C26H50N8O10/c1-31-19-13(11-35)12-41-25(20(19)37)44-23-18(33-26(39)34(40)7-6-28)8-17(30)22(21(23)38)43-24-16(29)3-2-15(42-24)10-32-9-14(36)4-5-27/h2,11,14,16-25,31-32,35-38,40H,3-10,12,27-30H2,1H3,(H,33,39)/b13-11-/t14?,16-,17+,18-,19+,20-,21+,22?,23+,24-,25-/m1/s1. The van der Waals surface area contributed by atoms with Gasteiger partial charge in [0.05, 0.1) is 50.2 Å². The molecule has 0 aromatic heterocycles. The maximum Gasteiger partial charge on any atom is 0.341 e. The van der Waals surface area contributed by atoms with Gasteiger partial charge in [0.2, 0.25) is 6.29 Å². The number of rotatable bonds is 14. The molecular formula is C26H50N8O10. The Morgan fingerprint density at radius 2 is 1.89 bits per heavy atom. The van der Waals surface area contributed by atoms with E-state index in [0.29, 0.717) is 48.9 Å². The average molecular weight is 635 g/mol. The number of likely N-dealkylation sites (N-methyl/N-ethyl adjacent to an activating group) is 1. The summed E-state index contributed by atoms with van der Waals surface area (Å²) in [5, 5.41) is 60.9. The van der Waals surface area contributed by atoms with Crippen LogP contribution >= 0.6 is 0 Å². The first-order valence-corrected chi connectivity index (χ1v) is 14.8. The minimum Gasteiger partial charge on any atom is -0.515 e. The van der Waals surface area contributed by atoms with E-state index >= 15 is 0 Å². The summed E-state index contributed by atoms with van der Waals surface area (Å²) in [5.74, 6) is 0.529. The molecule has 11 atom stereocenters. The molecule has 2 aliphatic heterocycles. The number of aliphatic hydroxyl groups excluding tert-OH is 4. The predicted molar refractivity (Wildman–Crippen MR) is 156 cm³/mol. The van der Waals surface area contributed by atoms with Crippen molar-refractivity contribution in [2.45, 2.75) is 86.5 Å². The van der Waals surface area contributed by atoms with Gasteiger partial charge in [-0.05, 0) is 38.9 Å². The third kappa shape index (κ3) is 9.42. The van der Waals surface area contributed by atoms with Crippen LogP contribution in [0.25, 0.3) is 0 Å². The number of nitrogens with two attached hydrogens (primary N) is 4. The van der Waals surface area contributed by atoms with Gasteiger partial charge in [-0.25, -0.2) is 9.86 Å². The second kappa shape index (κ2) is 17.5. The molecule has 2 heterocycles. The number of amides is 2. The summed E-state index contributed by atoms with van der Waals surface area (Å²) in [7, 11) is 1.59. The summed E-state index contributed by atoms with van der Waals surface area (Å²) < 4.78 is 23.8. The van der Waals surface area contributed by atoms with E-state index < -0.39 is 73.3 Å². The Labute approximate surface area is 256 Å². The summed E-state index contributed by atoms with van der Waals surface area (Å²) >= 11 is 0. The molecule has 1 saturated carbocycles. The Balaban J connectivity index is 1.75. The van der Waals surface area contributed by atoms with E-state index in [0.717, 1.165) is 6.26 Å². The largest absolute Gasteiger partial charge is 0.515 e.